The number of thiophene rings is 1. The van der Waals surface area contributed by atoms with Crippen LogP contribution in [0, 0.1) is 11.8 Å². The van der Waals surface area contributed by atoms with E-state index >= 15 is 0 Å². The van der Waals surface area contributed by atoms with Crippen LogP contribution in [0.4, 0.5) is 0 Å². The minimum absolute atomic E-state index is 0.0410. The molecule has 1 saturated heterocycles. The Morgan fingerprint density at radius 1 is 1.23 bits per heavy atom. The quantitative estimate of drug-likeness (QED) is 0.676. The summed E-state index contributed by atoms with van der Waals surface area (Å²) in [6.45, 7) is 1.65. The van der Waals surface area contributed by atoms with Gasteiger partial charge in [-0.25, -0.2) is 8.42 Å². The third-order valence-corrected chi connectivity index (χ3v) is 7.33. The number of carbonyl (C=O) groups excluding carboxylic acids is 1. The molecule has 1 aliphatic heterocycles. The summed E-state index contributed by atoms with van der Waals surface area (Å²) in [5.41, 5.74) is 0. The summed E-state index contributed by atoms with van der Waals surface area (Å²) in [5, 5.41) is 11.4. The zero-order chi connectivity index (χ0) is 21.7. The maximum absolute atomic E-state index is 13.1. The molecule has 1 aromatic heterocycles. The van der Waals surface area contributed by atoms with Crippen molar-refractivity contribution in [3.8, 4) is 17.6 Å². The van der Waals surface area contributed by atoms with E-state index in [0.717, 1.165) is 4.31 Å². The molecule has 0 spiro atoms. The van der Waals surface area contributed by atoms with Crippen LogP contribution in [0.2, 0.25) is 0 Å². The first-order valence-electron chi connectivity index (χ1n) is 9.04. The number of carboxylic acids is 1. The Hall–Kier alpha value is -2.87. The van der Waals surface area contributed by atoms with Crippen molar-refractivity contribution in [2.75, 3.05) is 26.2 Å². The predicted molar refractivity (Wildman–Crippen MR) is 111 cm³/mol. The van der Waals surface area contributed by atoms with E-state index in [1.165, 1.54) is 40.5 Å². The van der Waals surface area contributed by atoms with Crippen LogP contribution in [-0.4, -0.2) is 66.9 Å². The van der Waals surface area contributed by atoms with Gasteiger partial charge in [-0.05, 0) is 42.6 Å². The molecule has 1 aliphatic rings. The summed E-state index contributed by atoms with van der Waals surface area (Å²) in [7, 11) is -4.07. The van der Waals surface area contributed by atoms with Gasteiger partial charge in [-0.15, -0.1) is 17.3 Å². The lowest BCUT2D eigenvalue weighted by molar-refractivity contribution is -0.142. The summed E-state index contributed by atoms with van der Waals surface area (Å²) in [6, 6.07) is 7.74. The lowest BCUT2D eigenvalue weighted by atomic mass is 10.2. The molecule has 1 unspecified atom stereocenters. The second kappa shape index (κ2) is 9.30. The number of nitrogens with zero attached hydrogens (tertiary/aromatic N) is 2. The van der Waals surface area contributed by atoms with E-state index in [1.807, 2.05) is 0 Å². The van der Waals surface area contributed by atoms with Crippen LogP contribution in [0.1, 0.15) is 16.6 Å². The fourth-order valence-corrected chi connectivity index (χ4v) is 5.29. The summed E-state index contributed by atoms with van der Waals surface area (Å²) < 4.78 is 32.5. The topological polar surface area (TPSA) is 104 Å². The van der Waals surface area contributed by atoms with Crippen molar-refractivity contribution in [2.45, 2.75) is 17.9 Å². The highest BCUT2D eigenvalue weighted by Crippen LogP contribution is 2.25. The molecular weight excluding hydrogens is 428 g/mol. The van der Waals surface area contributed by atoms with E-state index in [9.17, 15) is 23.1 Å². The van der Waals surface area contributed by atoms with Gasteiger partial charge in [0.15, 0.2) is 0 Å². The molecule has 8 nitrogen and oxygen atoms in total. The number of rotatable bonds is 6. The number of benzene rings is 1. The molecule has 3 rings (SSSR count). The first-order chi connectivity index (χ1) is 14.3. The molecule has 0 bridgehead atoms. The first kappa shape index (κ1) is 21.8. The molecule has 1 aromatic carbocycles. The number of amides is 1. The van der Waals surface area contributed by atoms with Gasteiger partial charge >= 0.3 is 5.97 Å². The highest BCUT2D eigenvalue weighted by atomic mass is 32.2. The fourth-order valence-electron chi connectivity index (χ4n) is 3.03. The Labute approximate surface area is 178 Å². The van der Waals surface area contributed by atoms with Crippen LogP contribution in [-0.2, 0) is 14.8 Å². The maximum atomic E-state index is 13.1. The summed E-state index contributed by atoms with van der Waals surface area (Å²) in [6.07, 6.45) is 0. The average molecular weight is 449 g/mol. The molecule has 0 radical (unpaired) electrons. The SMILES string of the molecule is CC#CCOc1ccc(S(=O)(=O)N2CCN(C(=O)c3cccs3)CC2C(=O)O)cc1. The summed E-state index contributed by atoms with van der Waals surface area (Å²) in [5.74, 6) is 4.28. The molecule has 2 heterocycles. The maximum Gasteiger partial charge on any atom is 0.323 e. The largest absolute Gasteiger partial charge is 0.481 e. The van der Waals surface area contributed by atoms with E-state index in [2.05, 4.69) is 11.8 Å². The molecule has 0 saturated carbocycles. The number of hydrogen-bond acceptors (Lipinski definition) is 6. The monoisotopic (exact) mass is 448 g/mol. The third-order valence-electron chi connectivity index (χ3n) is 4.55. The number of carboxylic acid groups (broad SMARTS) is 1. The Kier molecular flexibility index (Phi) is 6.77. The van der Waals surface area contributed by atoms with Crippen molar-refractivity contribution in [2.24, 2.45) is 0 Å². The second-order valence-electron chi connectivity index (χ2n) is 6.39. The number of hydrogen-bond donors (Lipinski definition) is 1. The molecule has 10 heteroatoms. The van der Waals surface area contributed by atoms with Crippen molar-refractivity contribution in [1.29, 1.82) is 0 Å². The van der Waals surface area contributed by atoms with Gasteiger partial charge < -0.3 is 14.7 Å². The smallest absolute Gasteiger partial charge is 0.323 e. The van der Waals surface area contributed by atoms with Gasteiger partial charge in [0.05, 0.1) is 9.77 Å². The second-order valence-corrected chi connectivity index (χ2v) is 9.22. The van der Waals surface area contributed by atoms with Crippen molar-refractivity contribution in [1.82, 2.24) is 9.21 Å². The van der Waals surface area contributed by atoms with Gasteiger partial charge in [-0.2, -0.15) is 4.31 Å². The van der Waals surface area contributed by atoms with Crippen LogP contribution in [0.3, 0.4) is 0 Å². The standard InChI is InChI=1S/C20H20N2O6S2/c1-2-3-12-28-15-6-8-16(9-7-15)30(26,27)22-11-10-21(14-17(22)20(24)25)19(23)18-5-4-13-29-18/h4-9,13,17H,10-12,14H2,1H3,(H,24,25). The fraction of sp³-hybridized carbons (Fsp3) is 0.300. The Morgan fingerprint density at radius 3 is 2.57 bits per heavy atom. The summed E-state index contributed by atoms with van der Waals surface area (Å²) in [4.78, 5) is 26.2. The highest BCUT2D eigenvalue weighted by Gasteiger charge is 2.41. The summed E-state index contributed by atoms with van der Waals surface area (Å²) >= 11 is 1.26. The first-order valence-corrected chi connectivity index (χ1v) is 11.4. The van der Waals surface area contributed by atoms with Crippen molar-refractivity contribution < 1.29 is 27.9 Å². The average Bonchev–Trinajstić information content (AvgIpc) is 3.28. The Morgan fingerprint density at radius 2 is 1.97 bits per heavy atom. The van der Waals surface area contributed by atoms with Gasteiger partial charge in [-0.3, -0.25) is 9.59 Å². The van der Waals surface area contributed by atoms with Crippen LogP contribution in [0.5, 0.6) is 5.75 Å². The van der Waals surface area contributed by atoms with Gasteiger partial charge in [0.2, 0.25) is 10.0 Å². The zero-order valence-corrected chi connectivity index (χ0v) is 17.8. The number of carbonyl (C=O) groups is 2. The van der Waals surface area contributed by atoms with E-state index in [4.69, 9.17) is 4.74 Å². The molecule has 1 N–H and O–H groups in total. The Bertz CT molecular complexity index is 1070. The minimum Gasteiger partial charge on any atom is -0.481 e. The van der Waals surface area contributed by atoms with Crippen LogP contribution in [0.15, 0.2) is 46.7 Å². The number of sulfonamides is 1. The van der Waals surface area contributed by atoms with Gasteiger partial charge in [-0.1, -0.05) is 12.0 Å². The van der Waals surface area contributed by atoms with E-state index in [-0.39, 0.29) is 37.0 Å². The van der Waals surface area contributed by atoms with E-state index in [0.29, 0.717) is 10.6 Å². The molecule has 0 aliphatic carbocycles. The molecular formula is C20H20N2O6S2. The molecule has 1 fully saturated rings. The third kappa shape index (κ3) is 4.64. The van der Waals surface area contributed by atoms with Crippen molar-refractivity contribution in [3.63, 3.8) is 0 Å². The van der Waals surface area contributed by atoms with Crippen LogP contribution >= 0.6 is 11.3 Å². The molecule has 1 atom stereocenters. The van der Waals surface area contributed by atoms with Crippen molar-refractivity contribution >= 4 is 33.2 Å². The molecule has 30 heavy (non-hydrogen) atoms. The lowest BCUT2D eigenvalue weighted by Crippen LogP contribution is -2.59. The lowest BCUT2D eigenvalue weighted by Gasteiger charge is -2.38. The van der Waals surface area contributed by atoms with E-state index in [1.54, 1.807) is 24.4 Å². The predicted octanol–water partition coefficient (Wildman–Crippen LogP) is 1.75. The van der Waals surface area contributed by atoms with Gasteiger partial charge in [0, 0.05) is 19.6 Å². The molecule has 1 amide bonds. The molecule has 2 aromatic rings. The molecule has 158 valence electrons. The Balaban J connectivity index is 1.78. The van der Waals surface area contributed by atoms with Gasteiger partial charge in [0.1, 0.15) is 18.4 Å². The number of piperazine rings is 1. The minimum atomic E-state index is -4.07. The van der Waals surface area contributed by atoms with Crippen LogP contribution in [0.25, 0.3) is 0 Å². The van der Waals surface area contributed by atoms with Crippen LogP contribution < -0.4 is 4.74 Å². The van der Waals surface area contributed by atoms with Gasteiger partial charge in [0.25, 0.3) is 5.91 Å². The zero-order valence-electron chi connectivity index (χ0n) is 16.1. The van der Waals surface area contributed by atoms with E-state index < -0.39 is 22.0 Å². The normalized spacial score (nSPS) is 17.1. The van der Waals surface area contributed by atoms with Crippen molar-refractivity contribution in [3.05, 3.63) is 46.7 Å². The highest BCUT2D eigenvalue weighted by molar-refractivity contribution is 7.89. The number of aliphatic carboxylic acids is 1. The number of ether oxygens (including phenoxy) is 1.